The van der Waals surface area contributed by atoms with Crippen LogP contribution in [0.2, 0.25) is 10.0 Å². The zero-order chi connectivity index (χ0) is 24.4. The topological polar surface area (TPSA) is 51.4 Å². The van der Waals surface area contributed by atoms with Crippen molar-refractivity contribution in [2.24, 2.45) is 0 Å². The minimum atomic E-state index is -1.16. The molecule has 2 aromatic carbocycles. The molecule has 1 saturated heterocycles. The van der Waals surface area contributed by atoms with E-state index in [9.17, 15) is 4.79 Å². The van der Waals surface area contributed by atoms with Crippen molar-refractivity contribution in [3.8, 4) is 0 Å². The van der Waals surface area contributed by atoms with Crippen LogP contribution in [0.3, 0.4) is 0 Å². The molecule has 3 aromatic rings. The standard InChI is InChI=1S/C27H31Cl2FN4O/c28-21-5-3-7-24(25(21)29)34-16-14-33(15-17-34)13-12-27(30)10-8-20(9-11-27)31-26(35)23-18-19-4-1-2-6-22(19)32-23/h1-7,18,20,32H,8-17H2,(H,31,35)/t20-,27+. The summed E-state index contributed by atoms with van der Waals surface area (Å²) in [6.07, 6.45) is 2.85. The number of alkyl halides is 1. The number of nitrogens with one attached hydrogen (secondary N) is 2. The molecule has 1 saturated carbocycles. The number of fused-ring (bicyclic) bond motifs is 1. The fourth-order valence-corrected chi connectivity index (χ4v) is 5.71. The van der Waals surface area contributed by atoms with Gasteiger partial charge in [0.1, 0.15) is 11.4 Å². The van der Waals surface area contributed by atoms with Crippen LogP contribution in [0.5, 0.6) is 0 Å². The van der Waals surface area contributed by atoms with Crippen LogP contribution in [0.4, 0.5) is 10.1 Å². The normalized spacial score (nSPS) is 23.5. The van der Waals surface area contributed by atoms with Gasteiger partial charge in [0.25, 0.3) is 5.91 Å². The van der Waals surface area contributed by atoms with Gasteiger partial charge in [-0.1, -0.05) is 47.5 Å². The zero-order valence-electron chi connectivity index (χ0n) is 19.7. The van der Waals surface area contributed by atoms with Crippen LogP contribution in [0.1, 0.15) is 42.6 Å². The van der Waals surface area contributed by atoms with Crippen molar-refractivity contribution in [1.82, 2.24) is 15.2 Å². The summed E-state index contributed by atoms with van der Waals surface area (Å²) < 4.78 is 15.6. The highest BCUT2D eigenvalue weighted by atomic mass is 35.5. The van der Waals surface area contributed by atoms with Gasteiger partial charge in [0, 0.05) is 49.7 Å². The van der Waals surface area contributed by atoms with Gasteiger partial charge in [-0.15, -0.1) is 0 Å². The molecule has 186 valence electrons. The minimum Gasteiger partial charge on any atom is -0.368 e. The summed E-state index contributed by atoms with van der Waals surface area (Å²) in [5.74, 6) is -0.116. The van der Waals surface area contributed by atoms with Crippen LogP contribution in [0.15, 0.2) is 48.5 Å². The first kappa shape index (κ1) is 24.4. The Labute approximate surface area is 215 Å². The Balaban J connectivity index is 1.06. The molecule has 1 aromatic heterocycles. The van der Waals surface area contributed by atoms with E-state index >= 15 is 4.39 Å². The maximum absolute atomic E-state index is 15.6. The molecule has 0 unspecified atom stereocenters. The molecule has 2 heterocycles. The highest BCUT2D eigenvalue weighted by Crippen LogP contribution is 2.36. The van der Waals surface area contributed by atoms with Gasteiger partial charge >= 0.3 is 0 Å². The lowest BCUT2D eigenvalue weighted by Gasteiger charge is -2.39. The number of H-pyrrole nitrogens is 1. The van der Waals surface area contributed by atoms with Crippen molar-refractivity contribution in [2.45, 2.75) is 43.8 Å². The molecule has 1 aliphatic carbocycles. The van der Waals surface area contributed by atoms with Crippen LogP contribution in [-0.4, -0.2) is 60.2 Å². The Bertz CT molecular complexity index is 1150. The summed E-state index contributed by atoms with van der Waals surface area (Å²) in [6, 6.07) is 15.4. The van der Waals surface area contributed by atoms with Gasteiger partial charge in [0.2, 0.25) is 0 Å². The Morgan fingerprint density at radius 3 is 2.54 bits per heavy atom. The molecule has 2 fully saturated rings. The Kier molecular flexibility index (Phi) is 7.24. The van der Waals surface area contributed by atoms with E-state index in [4.69, 9.17) is 23.2 Å². The number of carbonyl (C=O) groups is 1. The van der Waals surface area contributed by atoms with Crippen molar-refractivity contribution in [2.75, 3.05) is 37.6 Å². The second-order valence-electron chi connectivity index (χ2n) is 9.82. The molecule has 5 rings (SSSR count). The smallest absolute Gasteiger partial charge is 0.267 e. The molecule has 1 aliphatic heterocycles. The molecule has 0 bridgehead atoms. The number of halogens is 3. The van der Waals surface area contributed by atoms with Gasteiger partial charge in [0.05, 0.1) is 15.7 Å². The molecule has 0 atom stereocenters. The average Bonchev–Trinajstić information content (AvgIpc) is 3.31. The van der Waals surface area contributed by atoms with E-state index in [2.05, 4.69) is 20.1 Å². The molecular formula is C27H31Cl2FN4O. The number of rotatable bonds is 6. The second-order valence-corrected chi connectivity index (χ2v) is 10.6. The number of carbonyl (C=O) groups excluding carboxylic acids is 1. The molecule has 0 spiro atoms. The fourth-order valence-electron chi connectivity index (χ4n) is 5.30. The molecular weight excluding hydrogens is 486 g/mol. The number of piperazine rings is 1. The van der Waals surface area contributed by atoms with E-state index in [0.29, 0.717) is 47.8 Å². The first-order chi connectivity index (χ1) is 16.9. The maximum atomic E-state index is 15.6. The SMILES string of the molecule is O=C(N[C@H]1CC[C@](F)(CCN2CCN(c3cccc(Cl)c3Cl)CC2)CC1)c1cc2ccccc2[nH]1. The Morgan fingerprint density at radius 1 is 1.06 bits per heavy atom. The van der Waals surface area contributed by atoms with E-state index < -0.39 is 5.67 Å². The number of para-hydroxylation sites is 1. The number of nitrogens with zero attached hydrogens (tertiary/aromatic N) is 2. The van der Waals surface area contributed by atoms with Crippen molar-refractivity contribution in [3.63, 3.8) is 0 Å². The van der Waals surface area contributed by atoms with Crippen molar-refractivity contribution >= 4 is 45.7 Å². The Hall–Kier alpha value is -2.28. The highest BCUT2D eigenvalue weighted by Gasteiger charge is 2.36. The van der Waals surface area contributed by atoms with E-state index in [-0.39, 0.29) is 11.9 Å². The number of aromatic nitrogens is 1. The maximum Gasteiger partial charge on any atom is 0.267 e. The number of aromatic amines is 1. The summed E-state index contributed by atoms with van der Waals surface area (Å²) in [5.41, 5.74) is 1.31. The lowest BCUT2D eigenvalue weighted by atomic mass is 9.81. The summed E-state index contributed by atoms with van der Waals surface area (Å²) in [5, 5.41) is 5.27. The minimum absolute atomic E-state index is 0.0174. The van der Waals surface area contributed by atoms with Crippen molar-refractivity contribution in [3.05, 3.63) is 64.3 Å². The van der Waals surface area contributed by atoms with E-state index in [1.807, 2.05) is 42.5 Å². The van der Waals surface area contributed by atoms with Gasteiger partial charge in [-0.25, -0.2) is 4.39 Å². The highest BCUT2D eigenvalue weighted by molar-refractivity contribution is 6.43. The molecule has 8 heteroatoms. The number of anilines is 1. The van der Waals surface area contributed by atoms with Crippen LogP contribution in [-0.2, 0) is 0 Å². The van der Waals surface area contributed by atoms with Gasteiger partial charge in [-0.3, -0.25) is 9.69 Å². The van der Waals surface area contributed by atoms with Gasteiger partial charge in [-0.2, -0.15) is 0 Å². The van der Waals surface area contributed by atoms with E-state index in [1.54, 1.807) is 6.07 Å². The molecule has 1 amide bonds. The third-order valence-electron chi connectivity index (χ3n) is 7.51. The van der Waals surface area contributed by atoms with Gasteiger partial charge in [-0.05, 0) is 56.4 Å². The lowest BCUT2D eigenvalue weighted by Crippen LogP contribution is -2.48. The van der Waals surface area contributed by atoms with Crippen LogP contribution < -0.4 is 10.2 Å². The molecule has 5 nitrogen and oxygen atoms in total. The summed E-state index contributed by atoms with van der Waals surface area (Å²) in [4.78, 5) is 20.4. The largest absolute Gasteiger partial charge is 0.368 e. The van der Waals surface area contributed by atoms with Crippen LogP contribution >= 0.6 is 23.2 Å². The predicted octanol–water partition coefficient (Wildman–Crippen LogP) is 6.07. The van der Waals surface area contributed by atoms with E-state index in [0.717, 1.165) is 49.3 Å². The number of benzene rings is 2. The van der Waals surface area contributed by atoms with Gasteiger partial charge < -0.3 is 15.2 Å². The van der Waals surface area contributed by atoms with Crippen LogP contribution in [0, 0.1) is 0 Å². The average molecular weight is 517 g/mol. The van der Waals surface area contributed by atoms with Crippen molar-refractivity contribution in [1.29, 1.82) is 0 Å². The molecule has 0 radical (unpaired) electrons. The number of amides is 1. The lowest BCUT2D eigenvalue weighted by molar-refractivity contribution is 0.0632. The van der Waals surface area contributed by atoms with Crippen LogP contribution in [0.25, 0.3) is 10.9 Å². The second kappa shape index (κ2) is 10.4. The quantitative estimate of drug-likeness (QED) is 0.418. The molecule has 2 N–H and O–H groups in total. The fraction of sp³-hybridized carbons (Fsp3) is 0.444. The first-order valence-corrected chi connectivity index (χ1v) is 13.1. The predicted molar refractivity (Wildman–Crippen MR) is 142 cm³/mol. The third kappa shape index (κ3) is 5.60. The first-order valence-electron chi connectivity index (χ1n) is 12.4. The van der Waals surface area contributed by atoms with Gasteiger partial charge in [0.15, 0.2) is 0 Å². The third-order valence-corrected chi connectivity index (χ3v) is 8.32. The van der Waals surface area contributed by atoms with E-state index in [1.165, 1.54) is 0 Å². The summed E-state index contributed by atoms with van der Waals surface area (Å²) in [7, 11) is 0. The summed E-state index contributed by atoms with van der Waals surface area (Å²) >= 11 is 12.5. The molecule has 2 aliphatic rings. The van der Waals surface area contributed by atoms with Crippen molar-refractivity contribution < 1.29 is 9.18 Å². The number of hydrogen-bond acceptors (Lipinski definition) is 3. The zero-order valence-corrected chi connectivity index (χ0v) is 21.2. The monoisotopic (exact) mass is 516 g/mol. The summed E-state index contributed by atoms with van der Waals surface area (Å²) in [6.45, 7) is 4.20. The Morgan fingerprint density at radius 2 is 1.80 bits per heavy atom. The number of hydrogen-bond donors (Lipinski definition) is 2. The molecule has 35 heavy (non-hydrogen) atoms.